The van der Waals surface area contributed by atoms with Crippen LogP contribution >= 0.6 is 0 Å². The van der Waals surface area contributed by atoms with Gasteiger partial charge in [0.1, 0.15) is 35.1 Å². The number of oxime groups is 1. The van der Waals surface area contributed by atoms with E-state index in [2.05, 4.69) is 10.5 Å². The number of nitrogens with zero attached hydrogens (tertiary/aromatic N) is 4. The summed E-state index contributed by atoms with van der Waals surface area (Å²) < 4.78 is 45.7. The molecule has 3 saturated heterocycles. The van der Waals surface area contributed by atoms with Gasteiger partial charge < -0.3 is 79.1 Å². The van der Waals surface area contributed by atoms with Gasteiger partial charge in [0, 0.05) is 63.6 Å². The molecule has 0 radical (unpaired) electrons. The number of carboxylic acids is 1. The van der Waals surface area contributed by atoms with Gasteiger partial charge in [-0.3, -0.25) is 19.1 Å². The zero-order valence-corrected chi connectivity index (χ0v) is 44.9. The van der Waals surface area contributed by atoms with Crippen molar-refractivity contribution in [1.29, 1.82) is 0 Å². The molecule has 4 heterocycles. The summed E-state index contributed by atoms with van der Waals surface area (Å²) in [5, 5.41) is 75.9. The minimum atomic E-state index is -1.98. The number of methoxy groups -OCH3 is 1. The highest BCUT2D eigenvalue weighted by Crippen LogP contribution is 2.44. The first kappa shape index (κ1) is 58.9. The first-order chi connectivity index (χ1) is 34.7. The maximum Gasteiger partial charge on any atom is 0.341 e. The Bertz CT molecular complexity index is 2380. The van der Waals surface area contributed by atoms with E-state index in [1.165, 1.54) is 20.2 Å². The molecule has 1 saturated carbocycles. The highest BCUT2D eigenvalue weighted by molar-refractivity contribution is 5.93. The van der Waals surface area contributed by atoms with Gasteiger partial charge in [-0.1, -0.05) is 25.1 Å². The second kappa shape index (κ2) is 23.9. The number of likely N-dealkylation sites (N-methyl/N-ethyl adjacent to an activating group) is 1. The molecule has 2 aromatic rings. The SMILES string of the molecule is CO[C@]1(C)C[C@H](O[C@H]2[C@H](C)[C@@H](O[C@@H]3O[C@H](C)C[C@H](N(C)C)[C@H]3O)[C@](C)(O)C[C@@H](C)/C(=N\O)[C@@H](O)[C@@]3(O)CC[C@H]3OC(=O)[C@@H]2C)O[C@@H](C)[C@@H]1OC(=O)CCNCCCc1ccc2c(c1)c(=O)c(C(=O)O)cn2N(C)C. The molecule has 6 rings (SSSR count). The molecule has 7 N–H and O–H groups in total. The number of ether oxygens (including phenoxy) is 7. The smallest absolute Gasteiger partial charge is 0.341 e. The minimum Gasteiger partial charge on any atom is -0.477 e. The lowest BCUT2D eigenvalue weighted by molar-refractivity contribution is -0.318. The number of pyridine rings is 1. The molecule has 4 fully saturated rings. The van der Waals surface area contributed by atoms with Crippen LogP contribution in [0, 0.1) is 17.8 Å². The molecule has 0 unspecified atom stereocenters. The van der Waals surface area contributed by atoms with E-state index in [0.29, 0.717) is 43.3 Å². The van der Waals surface area contributed by atoms with Crippen molar-refractivity contribution in [3.05, 3.63) is 45.7 Å². The fourth-order valence-corrected chi connectivity index (χ4v) is 11.3. The van der Waals surface area contributed by atoms with Crippen molar-refractivity contribution in [2.75, 3.05) is 53.4 Å². The van der Waals surface area contributed by atoms with Crippen LogP contribution in [0.25, 0.3) is 10.9 Å². The summed E-state index contributed by atoms with van der Waals surface area (Å²) >= 11 is 0. The molecule has 17 atom stereocenters. The number of fused-ring (bicyclic) bond motifs is 2. The van der Waals surface area contributed by atoms with E-state index in [1.54, 1.807) is 70.5 Å². The molecular weight excluding hydrogens is 967 g/mol. The van der Waals surface area contributed by atoms with Crippen molar-refractivity contribution >= 4 is 34.5 Å². The van der Waals surface area contributed by atoms with Gasteiger partial charge in [-0.2, -0.15) is 0 Å². The monoisotopic (exact) mass is 1050 g/mol. The molecule has 1 aromatic carbocycles. The van der Waals surface area contributed by atoms with Crippen LogP contribution in [-0.2, 0) is 49.2 Å². The predicted octanol–water partition coefficient (Wildman–Crippen LogP) is 2.15. The van der Waals surface area contributed by atoms with Gasteiger partial charge in [-0.25, -0.2) is 4.79 Å². The molecule has 4 aliphatic rings. The Morgan fingerprint density at radius 3 is 2.28 bits per heavy atom. The average molecular weight is 1050 g/mol. The molecule has 416 valence electrons. The third kappa shape index (κ3) is 12.6. The lowest BCUT2D eigenvalue weighted by Gasteiger charge is -2.49. The maximum atomic E-state index is 14.3. The highest BCUT2D eigenvalue weighted by atomic mass is 16.7. The number of esters is 2. The summed E-state index contributed by atoms with van der Waals surface area (Å²) in [5.41, 5.74) is -4.67. The summed E-state index contributed by atoms with van der Waals surface area (Å²) in [7, 11) is 8.65. The number of aliphatic hydroxyl groups excluding tert-OH is 2. The van der Waals surface area contributed by atoms with Crippen molar-refractivity contribution < 1.29 is 78.3 Å². The Hall–Kier alpha value is -4.33. The van der Waals surface area contributed by atoms with Crippen molar-refractivity contribution in [2.24, 2.45) is 22.9 Å². The van der Waals surface area contributed by atoms with Crippen molar-refractivity contribution in [3.8, 4) is 0 Å². The first-order valence-corrected chi connectivity index (χ1v) is 25.7. The minimum absolute atomic E-state index is 0.0146. The molecule has 1 aliphatic carbocycles. The van der Waals surface area contributed by atoms with Crippen LogP contribution in [0.3, 0.4) is 0 Å². The third-order valence-corrected chi connectivity index (χ3v) is 15.8. The Morgan fingerprint density at radius 1 is 0.973 bits per heavy atom. The van der Waals surface area contributed by atoms with E-state index in [-0.39, 0.29) is 55.5 Å². The van der Waals surface area contributed by atoms with Crippen molar-refractivity contribution in [2.45, 2.75) is 184 Å². The van der Waals surface area contributed by atoms with E-state index in [0.717, 1.165) is 5.56 Å². The van der Waals surface area contributed by atoms with Gasteiger partial charge in [-0.05, 0) is 111 Å². The number of hydrogen-bond acceptors (Lipinski definition) is 20. The van der Waals surface area contributed by atoms with Crippen molar-refractivity contribution in [3.63, 3.8) is 0 Å². The zero-order chi connectivity index (χ0) is 54.8. The molecule has 74 heavy (non-hydrogen) atoms. The number of rotatable bonds is 16. The predicted molar refractivity (Wildman–Crippen MR) is 269 cm³/mol. The summed E-state index contributed by atoms with van der Waals surface area (Å²) in [4.78, 5) is 54.4. The van der Waals surface area contributed by atoms with Gasteiger partial charge >= 0.3 is 17.9 Å². The van der Waals surface area contributed by atoms with Gasteiger partial charge in [0.05, 0.1) is 53.6 Å². The largest absolute Gasteiger partial charge is 0.477 e. The quantitative estimate of drug-likeness (QED) is 0.0549. The number of carboxylic acid groups (broad SMARTS) is 1. The Balaban J connectivity index is 1.15. The lowest BCUT2D eigenvalue weighted by atomic mass is 9.69. The van der Waals surface area contributed by atoms with Gasteiger partial charge in [-0.15, -0.1) is 0 Å². The molecule has 0 spiro atoms. The van der Waals surface area contributed by atoms with E-state index in [9.17, 15) is 49.9 Å². The van der Waals surface area contributed by atoms with Crippen LogP contribution in [0.1, 0.15) is 109 Å². The number of aromatic carboxylic acids is 1. The number of aromatic nitrogens is 1. The number of aryl methyl sites for hydroxylation is 1. The topological polar surface area (TPSA) is 290 Å². The van der Waals surface area contributed by atoms with Gasteiger partial charge in [0.2, 0.25) is 5.43 Å². The van der Waals surface area contributed by atoms with Crippen LogP contribution < -0.4 is 15.8 Å². The van der Waals surface area contributed by atoms with E-state index in [4.69, 9.17) is 33.2 Å². The molecular formula is C52H81N5O17. The Morgan fingerprint density at radius 2 is 1.68 bits per heavy atom. The van der Waals surface area contributed by atoms with Crippen LogP contribution in [-0.4, -0.2) is 197 Å². The molecule has 1 aromatic heterocycles. The average Bonchev–Trinajstić information content (AvgIpc) is 3.33. The van der Waals surface area contributed by atoms with Gasteiger partial charge in [0.15, 0.2) is 18.7 Å². The number of hydrogen-bond donors (Lipinski definition) is 7. The summed E-state index contributed by atoms with van der Waals surface area (Å²) in [5.74, 6) is -5.50. The van der Waals surface area contributed by atoms with E-state index < -0.39 is 113 Å². The number of benzene rings is 1. The zero-order valence-electron chi connectivity index (χ0n) is 44.9. The van der Waals surface area contributed by atoms with Crippen LogP contribution in [0.5, 0.6) is 0 Å². The molecule has 0 amide bonds. The lowest BCUT2D eigenvalue weighted by Crippen LogP contribution is -2.64. The number of aliphatic hydroxyl groups is 4. The van der Waals surface area contributed by atoms with Crippen LogP contribution in [0.15, 0.2) is 34.3 Å². The molecule has 22 nitrogen and oxygen atoms in total. The van der Waals surface area contributed by atoms with Gasteiger partial charge in [0.25, 0.3) is 0 Å². The number of nitrogens with one attached hydrogen (secondary N) is 1. The van der Waals surface area contributed by atoms with Crippen molar-refractivity contribution in [1.82, 2.24) is 14.9 Å². The number of carbonyl (C=O) groups is 3. The highest BCUT2D eigenvalue weighted by Gasteiger charge is 2.58. The summed E-state index contributed by atoms with van der Waals surface area (Å²) in [6.45, 7) is 12.6. The standard InChI is InChI=1S/C52H81N5O17/c1-27-24-50(6,65)45(74-49-42(60)36(55(8)9)22-28(2)69-49)29(3)43(30(4)48(64)71-37-17-19-52(37,66)44(61)40(27)54-67)73-39-25-51(7,68-12)46(31(5)70-39)72-38(58)18-21-53-20-13-14-32-15-16-35-33(23-32)41(59)34(47(62)63)26-57(35)56(10)11/h15-16,23,26-31,36-37,39,42-46,49,53,60-61,65-67H,13-14,17-22,24-25H2,1-12H3,(H,62,63)/b54-40+/t27-,28-,29+,30-,31+,36+,37-,39+,42-,43+,44-,45-,46+,49+,50-,51-,52-/m1/s1. The third-order valence-electron chi connectivity index (χ3n) is 15.8. The second-order valence-corrected chi connectivity index (χ2v) is 21.9. The molecule has 0 bridgehead atoms. The molecule has 22 heteroatoms. The Kier molecular flexibility index (Phi) is 19.0. The maximum absolute atomic E-state index is 14.3. The fraction of sp³-hybridized carbons (Fsp3) is 0.750. The first-order valence-electron chi connectivity index (χ1n) is 25.7. The summed E-state index contributed by atoms with van der Waals surface area (Å²) in [6.07, 6.45) is -7.74. The summed E-state index contributed by atoms with van der Waals surface area (Å²) in [6, 6.07) is 5.04. The number of carbonyl (C=O) groups excluding carboxylic acids is 2. The fourth-order valence-electron chi connectivity index (χ4n) is 11.3. The molecule has 3 aliphatic heterocycles. The normalized spacial score (nSPS) is 37.7. The van der Waals surface area contributed by atoms with E-state index in [1.807, 2.05) is 32.0 Å². The van der Waals surface area contributed by atoms with Crippen LogP contribution in [0.4, 0.5) is 0 Å². The van der Waals surface area contributed by atoms with E-state index >= 15 is 0 Å². The Labute approximate surface area is 432 Å². The second-order valence-electron chi connectivity index (χ2n) is 21.9. The van der Waals surface area contributed by atoms with Crippen LogP contribution in [0.2, 0.25) is 0 Å².